The van der Waals surface area contributed by atoms with Crippen molar-refractivity contribution >= 4 is 5.69 Å². The van der Waals surface area contributed by atoms with E-state index >= 15 is 0 Å². The molecule has 1 heterocycles. The van der Waals surface area contributed by atoms with Gasteiger partial charge >= 0.3 is 6.36 Å². The highest BCUT2D eigenvalue weighted by molar-refractivity contribution is 5.74. The lowest BCUT2D eigenvalue weighted by Crippen LogP contribution is -2.16. The van der Waals surface area contributed by atoms with Crippen LogP contribution in [0, 0.1) is 0 Å². The Labute approximate surface area is 112 Å². The van der Waals surface area contributed by atoms with Gasteiger partial charge in [0.15, 0.2) is 0 Å². The second kappa shape index (κ2) is 5.38. The quantitative estimate of drug-likeness (QED) is 0.909. The molecule has 1 aromatic heterocycles. The molecule has 0 saturated heterocycles. The summed E-state index contributed by atoms with van der Waals surface area (Å²) in [5.74, 6) is -0.321. The van der Waals surface area contributed by atoms with Crippen LogP contribution in [0.25, 0.3) is 11.3 Å². The van der Waals surface area contributed by atoms with Crippen LogP contribution in [0.2, 0.25) is 0 Å². The molecule has 0 spiro atoms. The maximum Gasteiger partial charge on any atom is 0.573 e. The predicted molar refractivity (Wildman–Crippen MR) is 66.7 cm³/mol. The number of hydrogen-bond donors (Lipinski definition) is 2. The number of pyridine rings is 1. The Balaban J connectivity index is 2.31. The highest BCUT2D eigenvalue weighted by Gasteiger charge is 2.31. The number of rotatable bonds is 3. The molecule has 4 nitrogen and oxygen atoms in total. The van der Waals surface area contributed by atoms with E-state index in [1.165, 1.54) is 30.5 Å². The molecule has 3 N–H and O–H groups in total. The van der Waals surface area contributed by atoms with Gasteiger partial charge in [-0.1, -0.05) is 0 Å². The average Bonchev–Trinajstić information content (AvgIpc) is 2.38. The van der Waals surface area contributed by atoms with Crippen LogP contribution in [0.5, 0.6) is 5.75 Å². The highest BCUT2D eigenvalue weighted by Crippen LogP contribution is 2.29. The number of aromatic nitrogens is 1. The predicted octanol–water partition coefficient (Wildman–Crippen LogP) is 2.72. The van der Waals surface area contributed by atoms with E-state index in [2.05, 4.69) is 9.72 Å². The van der Waals surface area contributed by atoms with Crippen molar-refractivity contribution in [2.45, 2.75) is 13.0 Å². The summed E-state index contributed by atoms with van der Waals surface area (Å²) in [6.45, 7) is -0.239. The van der Waals surface area contributed by atoms with E-state index in [9.17, 15) is 13.2 Å². The van der Waals surface area contributed by atoms with E-state index in [-0.39, 0.29) is 12.4 Å². The highest BCUT2D eigenvalue weighted by atomic mass is 19.4. The molecule has 20 heavy (non-hydrogen) atoms. The molecule has 2 rings (SSSR count). The molecule has 0 amide bonds. The molecule has 0 unspecified atom stereocenters. The van der Waals surface area contributed by atoms with Gasteiger partial charge in [-0.15, -0.1) is 13.2 Å². The standard InChI is InChI=1S/C13H11F3N2O2/c14-13(15,16)20-10-3-1-8(2-4-10)12-11(17)9(7-19)5-6-18-12/h1-6,19H,7,17H2. The number of ether oxygens (including phenoxy) is 1. The Morgan fingerprint density at radius 3 is 2.35 bits per heavy atom. The van der Waals surface area contributed by atoms with Gasteiger partial charge in [0.25, 0.3) is 0 Å². The van der Waals surface area contributed by atoms with Gasteiger partial charge in [-0.3, -0.25) is 4.98 Å². The minimum absolute atomic E-state index is 0.239. The number of aliphatic hydroxyl groups is 1. The molecule has 0 fully saturated rings. The maximum absolute atomic E-state index is 12.0. The minimum atomic E-state index is -4.73. The van der Waals surface area contributed by atoms with Crippen LogP contribution >= 0.6 is 0 Å². The summed E-state index contributed by atoms with van der Waals surface area (Å²) >= 11 is 0. The summed E-state index contributed by atoms with van der Waals surface area (Å²) in [5.41, 5.74) is 7.56. The molecular weight excluding hydrogens is 273 g/mol. The van der Waals surface area contributed by atoms with Crippen molar-refractivity contribution in [3.63, 3.8) is 0 Å². The third kappa shape index (κ3) is 3.18. The Morgan fingerprint density at radius 2 is 1.80 bits per heavy atom. The number of halogens is 3. The van der Waals surface area contributed by atoms with E-state index in [1.54, 1.807) is 6.07 Å². The molecule has 1 aromatic carbocycles. The number of anilines is 1. The second-order valence-corrected chi connectivity index (χ2v) is 3.96. The smallest absolute Gasteiger partial charge is 0.406 e. The van der Waals surface area contributed by atoms with Gasteiger partial charge in [-0.25, -0.2) is 0 Å². The molecule has 106 valence electrons. The van der Waals surface area contributed by atoms with Crippen molar-refractivity contribution in [1.29, 1.82) is 0 Å². The van der Waals surface area contributed by atoms with E-state index in [0.717, 1.165) is 0 Å². The fourth-order valence-electron chi connectivity index (χ4n) is 1.70. The Morgan fingerprint density at radius 1 is 1.15 bits per heavy atom. The molecular formula is C13H11F3N2O2. The van der Waals surface area contributed by atoms with Gasteiger partial charge in [0, 0.05) is 17.3 Å². The molecule has 2 aromatic rings. The summed E-state index contributed by atoms with van der Waals surface area (Å²) in [6.07, 6.45) is -3.26. The van der Waals surface area contributed by atoms with Gasteiger partial charge in [-0.05, 0) is 30.3 Å². The van der Waals surface area contributed by atoms with E-state index in [0.29, 0.717) is 22.5 Å². The van der Waals surface area contributed by atoms with Gasteiger partial charge in [-0.2, -0.15) is 0 Å². The van der Waals surface area contributed by atoms with E-state index in [1.807, 2.05) is 0 Å². The largest absolute Gasteiger partial charge is 0.573 e. The van der Waals surface area contributed by atoms with Crippen molar-refractivity contribution in [3.8, 4) is 17.0 Å². The first kappa shape index (κ1) is 14.1. The van der Waals surface area contributed by atoms with Crippen LogP contribution in [0.15, 0.2) is 36.5 Å². The minimum Gasteiger partial charge on any atom is -0.406 e. The molecule has 0 atom stereocenters. The molecule has 7 heteroatoms. The number of nitrogens with two attached hydrogens (primary N) is 1. The van der Waals surface area contributed by atoms with Crippen LogP contribution in [-0.4, -0.2) is 16.5 Å². The Kier molecular flexibility index (Phi) is 3.80. The fraction of sp³-hybridized carbons (Fsp3) is 0.154. The van der Waals surface area contributed by atoms with Gasteiger partial charge in [0.05, 0.1) is 18.0 Å². The third-order valence-electron chi connectivity index (χ3n) is 2.61. The SMILES string of the molecule is Nc1c(CO)ccnc1-c1ccc(OC(F)(F)F)cc1. The van der Waals surface area contributed by atoms with Crippen LogP contribution in [-0.2, 0) is 6.61 Å². The number of hydrogen-bond acceptors (Lipinski definition) is 4. The molecule has 0 bridgehead atoms. The monoisotopic (exact) mass is 284 g/mol. The molecule has 0 aliphatic carbocycles. The van der Waals surface area contributed by atoms with Crippen LogP contribution in [0.4, 0.5) is 18.9 Å². The van der Waals surface area contributed by atoms with Gasteiger partial charge < -0.3 is 15.6 Å². The number of alkyl halides is 3. The molecule has 0 radical (unpaired) electrons. The third-order valence-corrected chi connectivity index (χ3v) is 2.61. The van der Waals surface area contributed by atoms with Crippen molar-refractivity contribution in [1.82, 2.24) is 4.98 Å². The number of aliphatic hydroxyl groups excluding tert-OH is 1. The zero-order chi connectivity index (χ0) is 14.8. The van der Waals surface area contributed by atoms with Crippen molar-refractivity contribution in [2.24, 2.45) is 0 Å². The normalized spacial score (nSPS) is 11.4. The number of nitrogen functional groups attached to an aromatic ring is 1. The first-order valence-corrected chi connectivity index (χ1v) is 5.61. The first-order chi connectivity index (χ1) is 9.40. The second-order valence-electron chi connectivity index (χ2n) is 3.96. The molecule has 0 saturated carbocycles. The Bertz CT molecular complexity index is 598. The zero-order valence-corrected chi connectivity index (χ0v) is 10.2. The van der Waals surface area contributed by atoms with Crippen molar-refractivity contribution in [3.05, 3.63) is 42.1 Å². The van der Waals surface area contributed by atoms with E-state index < -0.39 is 6.36 Å². The maximum atomic E-state index is 12.0. The van der Waals surface area contributed by atoms with Crippen LogP contribution < -0.4 is 10.5 Å². The fourth-order valence-corrected chi connectivity index (χ4v) is 1.70. The number of nitrogens with zero attached hydrogens (tertiary/aromatic N) is 1. The van der Waals surface area contributed by atoms with Gasteiger partial charge in [0.1, 0.15) is 5.75 Å². The molecule has 0 aliphatic rings. The van der Waals surface area contributed by atoms with Crippen molar-refractivity contribution < 1.29 is 23.0 Å². The first-order valence-electron chi connectivity index (χ1n) is 5.61. The topological polar surface area (TPSA) is 68.4 Å². The van der Waals surface area contributed by atoms with E-state index in [4.69, 9.17) is 10.8 Å². The average molecular weight is 284 g/mol. The summed E-state index contributed by atoms with van der Waals surface area (Å²) in [6, 6.07) is 6.76. The zero-order valence-electron chi connectivity index (χ0n) is 10.2. The number of benzene rings is 1. The van der Waals surface area contributed by atoms with Crippen molar-refractivity contribution in [2.75, 3.05) is 5.73 Å². The van der Waals surface area contributed by atoms with Crippen LogP contribution in [0.3, 0.4) is 0 Å². The lowest BCUT2D eigenvalue weighted by atomic mass is 10.1. The Hall–Kier alpha value is -2.28. The van der Waals surface area contributed by atoms with Gasteiger partial charge in [0.2, 0.25) is 0 Å². The lowest BCUT2D eigenvalue weighted by Gasteiger charge is -2.11. The van der Waals surface area contributed by atoms with Crippen LogP contribution in [0.1, 0.15) is 5.56 Å². The lowest BCUT2D eigenvalue weighted by molar-refractivity contribution is -0.274. The summed E-state index contributed by atoms with van der Waals surface area (Å²) < 4.78 is 39.9. The summed E-state index contributed by atoms with van der Waals surface area (Å²) in [7, 11) is 0. The summed E-state index contributed by atoms with van der Waals surface area (Å²) in [4.78, 5) is 4.06. The summed E-state index contributed by atoms with van der Waals surface area (Å²) in [5, 5.41) is 9.11. The molecule has 0 aliphatic heterocycles.